The van der Waals surface area contributed by atoms with E-state index < -0.39 is 0 Å². The molecule has 1 saturated carbocycles. The van der Waals surface area contributed by atoms with E-state index in [9.17, 15) is 4.79 Å². The standard InChI is InChI=1S/C19H30N4O.HI/c1-15-6-5-9-17(12-15)14-23-19(20-2)22-11-10-21-18(24)13-16-7-3-4-8-16;/h5-6,9,12,16H,3-4,7-8,10-11,13-14H2,1-2H3,(H,21,24)(H2,20,22,23);1H. The Hall–Kier alpha value is -1.31. The average molecular weight is 458 g/mol. The third kappa shape index (κ3) is 8.56. The van der Waals surface area contributed by atoms with Crippen molar-refractivity contribution >= 4 is 35.8 Å². The van der Waals surface area contributed by atoms with Crippen molar-refractivity contribution in [1.82, 2.24) is 16.0 Å². The molecule has 0 spiro atoms. The molecule has 1 aromatic rings. The number of nitrogens with zero attached hydrogens (tertiary/aromatic N) is 1. The topological polar surface area (TPSA) is 65.5 Å². The van der Waals surface area contributed by atoms with Crippen molar-refractivity contribution in [1.29, 1.82) is 0 Å². The summed E-state index contributed by atoms with van der Waals surface area (Å²) in [5, 5.41) is 9.50. The van der Waals surface area contributed by atoms with Crippen molar-refractivity contribution in [3.8, 4) is 0 Å². The van der Waals surface area contributed by atoms with E-state index in [0.29, 0.717) is 25.4 Å². The van der Waals surface area contributed by atoms with E-state index in [2.05, 4.69) is 52.1 Å². The van der Waals surface area contributed by atoms with Gasteiger partial charge in [0.2, 0.25) is 5.91 Å². The molecule has 0 unspecified atom stereocenters. The number of aliphatic imine (C=N–C) groups is 1. The lowest BCUT2D eigenvalue weighted by Gasteiger charge is -2.13. The van der Waals surface area contributed by atoms with Gasteiger partial charge >= 0.3 is 0 Å². The third-order valence-electron chi connectivity index (χ3n) is 4.45. The van der Waals surface area contributed by atoms with Gasteiger partial charge in [0, 0.05) is 33.1 Å². The van der Waals surface area contributed by atoms with Gasteiger partial charge in [0.25, 0.3) is 0 Å². The quantitative estimate of drug-likeness (QED) is 0.255. The lowest BCUT2D eigenvalue weighted by atomic mass is 10.0. The van der Waals surface area contributed by atoms with Crippen molar-refractivity contribution < 1.29 is 4.79 Å². The van der Waals surface area contributed by atoms with E-state index in [-0.39, 0.29) is 29.9 Å². The lowest BCUT2D eigenvalue weighted by Crippen LogP contribution is -2.41. The Kier molecular flexibility index (Phi) is 10.5. The van der Waals surface area contributed by atoms with E-state index in [0.717, 1.165) is 12.5 Å². The number of guanidine groups is 1. The minimum Gasteiger partial charge on any atom is -0.355 e. The molecule has 0 atom stereocenters. The summed E-state index contributed by atoms with van der Waals surface area (Å²) in [5.74, 6) is 1.52. The van der Waals surface area contributed by atoms with Gasteiger partial charge < -0.3 is 16.0 Å². The second-order valence-electron chi connectivity index (χ2n) is 6.55. The molecule has 0 radical (unpaired) electrons. The van der Waals surface area contributed by atoms with Crippen LogP contribution in [0.3, 0.4) is 0 Å². The van der Waals surface area contributed by atoms with Crippen molar-refractivity contribution in [2.75, 3.05) is 20.1 Å². The molecule has 1 aliphatic rings. The molecule has 0 heterocycles. The lowest BCUT2D eigenvalue weighted by molar-refractivity contribution is -0.121. The summed E-state index contributed by atoms with van der Waals surface area (Å²) in [7, 11) is 1.75. The van der Waals surface area contributed by atoms with Crippen LogP contribution in [0, 0.1) is 12.8 Å². The van der Waals surface area contributed by atoms with Crippen LogP contribution < -0.4 is 16.0 Å². The van der Waals surface area contributed by atoms with Crippen LogP contribution in [0.2, 0.25) is 0 Å². The van der Waals surface area contributed by atoms with Gasteiger partial charge in [-0.05, 0) is 31.2 Å². The van der Waals surface area contributed by atoms with Crippen LogP contribution in [0.25, 0.3) is 0 Å². The molecule has 1 aliphatic carbocycles. The first-order chi connectivity index (χ1) is 11.7. The van der Waals surface area contributed by atoms with Crippen molar-refractivity contribution in [2.45, 2.75) is 45.6 Å². The summed E-state index contributed by atoms with van der Waals surface area (Å²) >= 11 is 0. The number of nitrogens with one attached hydrogen (secondary N) is 3. The van der Waals surface area contributed by atoms with Crippen molar-refractivity contribution in [3.63, 3.8) is 0 Å². The van der Waals surface area contributed by atoms with Crippen LogP contribution in [0.5, 0.6) is 0 Å². The summed E-state index contributed by atoms with van der Waals surface area (Å²) in [6.45, 7) is 4.11. The first kappa shape index (κ1) is 21.7. The predicted molar refractivity (Wildman–Crippen MR) is 114 cm³/mol. The summed E-state index contributed by atoms with van der Waals surface area (Å²) < 4.78 is 0. The zero-order valence-electron chi connectivity index (χ0n) is 15.3. The maximum Gasteiger partial charge on any atom is 0.220 e. The van der Waals surface area contributed by atoms with Crippen LogP contribution in [-0.2, 0) is 11.3 Å². The van der Waals surface area contributed by atoms with Crippen molar-refractivity contribution in [3.05, 3.63) is 35.4 Å². The zero-order chi connectivity index (χ0) is 17.2. The Balaban J connectivity index is 0.00000312. The monoisotopic (exact) mass is 458 g/mol. The van der Waals surface area contributed by atoms with Gasteiger partial charge in [0.1, 0.15) is 0 Å². The van der Waals surface area contributed by atoms with E-state index in [1.807, 2.05) is 0 Å². The van der Waals surface area contributed by atoms with E-state index in [1.165, 1.54) is 36.8 Å². The highest BCUT2D eigenvalue weighted by Gasteiger charge is 2.17. The molecule has 5 nitrogen and oxygen atoms in total. The molecule has 140 valence electrons. The number of carbonyl (C=O) groups excluding carboxylic acids is 1. The number of rotatable bonds is 7. The number of halogens is 1. The molecule has 0 bridgehead atoms. The Morgan fingerprint density at radius 1 is 1.16 bits per heavy atom. The molecule has 25 heavy (non-hydrogen) atoms. The fourth-order valence-corrected chi connectivity index (χ4v) is 3.16. The van der Waals surface area contributed by atoms with E-state index >= 15 is 0 Å². The third-order valence-corrected chi connectivity index (χ3v) is 4.45. The van der Waals surface area contributed by atoms with E-state index in [4.69, 9.17) is 0 Å². The van der Waals surface area contributed by atoms with Gasteiger partial charge in [-0.3, -0.25) is 9.79 Å². The van der Waals surface area contributed by atoms with Gasteiger partial charge in [-0.25, -0.2) is 0 Å². The molecule has 1 fully saturated rings. The zero-order valence-corrected chi connectivity index (χ0v) is 17.6. The fraction of sp³-hybridized carbons (Fsp3) is 0.579. The SMILES string of the molecule is CN=C(NCCNC(=O)CC1CCCC1)NCc1cccc(C)c1.I. The maximum absolute atomic E-state index is 11.9. The van der Waals surface area contributed by atoms with Crippen LogP contribution in [0.4, 0.5) is 0 Å². The van der Waals surface area contributed by atoms with Gasteiger partial charge in [0.15, 0.2) is 5.96 Å². The van der Waals surface area contributed by atoms with Gasteiger partial charge in [-0.2, -0.15) is 0 Å². The van der Waals surface area contributed by atoms with Crippen LogP contribution in [0.1, 0.15) is 43.2 Å². The minimum absolute atomic E-state index is 0. The Morgan fingerprint density at radius 3 is 2.56 bits per heavy atom. The molecule has 3 N–H and O–H groups in total. The maximum atomic E-state index is 11.9. The second-order valence-corrected chi connectivity index (χ2v) is 6.55. The fourth-order valence-electron chi connectivity index (χ4n) is 3.16. The van der Waals surface area contributed by atoms with E-state index in [1.54, 1.807) is 7.05 Å². The molecule has 1 aromatic carbocycles. The molecule has 1 amide bonds. The molecular formula is C19H31IN4O. The summed E-state index contributed by atoms with van der Waals surface area (Å²) in [4.78, 5) is 16.1. The van der Waals surface area contributed by atoms with Crippen LogP contribution in [0.15, 0.2) is 29.3 Å². The van der Waals surface area contributed by atoms with Crippen LogP contribution >= 0.6 is 24.0 Å². The number of carbonyl (C=O) groups is 1. The Bertz CT molecular complexity index is 556. The summed E-state index contributed by atoms with van der Waals surface area (Å²) in [6, 6.07) is 8.40. The predicted octanol–water partition coefficient (Wildman–Crippen LogP) is 2.97. The first-order valence-corrected chi connectivity index (χ1v) is 8.94. The number of hydrogen-bond acceptors (Lipinski definition) is 2. The molecular weight excluding hydrogens is 427 g/mol. The minimum atomic E-state index is 0. The van der Waals surface area contributed by atoms with Gasteiger partial charge in [-0.1, -0.05) is 42.7 Å². The van der Waals surface area contributed by atoms with Crippen LogP contribution in [-0.4, -0.2) is 32.0 Å². The number of aryl methyl sites for hydroxylation is 1. The summed E-state index contributed by atoms with van der Waals surface area (Å²) in [6.07, 6.45) is 5.66. The van der Waals surface area contributed by atoms with Gasteiger partial charge in [-0.15, -0.1) is 24.0 Å². The van der Waals surface area contributed by atoms with Crippen molar-refractivity contribution in [2.24, 2.45) is 10.9 Å². The van der Waals surface area contributed by atoms with Gasteiger partial charge in [0.05, 0.1) is 0 Å². The number of hydrogen-bond donors (Lipinski definition) is 3. The summed E-state index contributed by atoms with van der Waals surface area (Å²) in [5.41, 5.74) is 2.48. The molecule has 0 aliphatic heterocycles. The molecule has 0 saturated heterocycles. The highest BCUT2D eigenvalue weighted by molar-refractivity contribution is 14.0. The largest absolute Gasteiger partial charge is 0.355 e. The normalized spacial score (nSPS) is 14.7. The highest BCUT2D eigenvalue weighted by atomic mass is 127. The first-order valence-electron chi connectivity index (χ1n) is 8.94. The average Bonchev–Trinajstić information content (AvgIpc) is 3.07. The highest BCUT2D eigenvalue weighted by Crippen LogP contribution is 2.27. The number of benzene rings is 1. The Labute approximate surface area is 168 Å². The molecule has 0 aromatic heterocycles. The smallest absolute Gasteiger partial charge is 0.220 e. The Morgan fingerprint density at radius 2 is 1.88 bits per heavy atom. The number of amides is 1. The molecule has 2 rings (SSSR count). The molecule has 6 heteroatoms. The second kappa shape index (κ2) is 12.1.